The third kappa shape index (κ3) is 3.90. The number of ether oxygens (including phenoxy) is 1. The molecule has 4 aliphatic heterocycles. The highest BCUT2D eigenvalue weighted by atomic mass is 16.6. The molecule has 4 fully saturated rings. The molecule has 1 spiro atoms. The number of fused-ring (bicyclic) bond motifs is 1. The number of rotatable bonds is 1. The molecular formula is C22H36N4O4. The highest BCUT2D eigenvalue weighted by molar-refractivity contribution is 6.10. The topological polar surface area (TPSA) is 73.4 Å². The third-order valence-electron chi connectivity index (χ3n) is 6.97. The number of nitrogens with zero attached hydrogens (tertiary/aromatic N) is 4. The van der Waals surface area contributed by atoms with Crippen molar-refractivity contribution in [3.8, 4) is 0 Å². The van der Waals surface area contributed by atoms with Crippen LogP contribution in [-0.4, -0.2) is 88.6 Å². The van der Waals surface area contributed by atoms with Gasteiger partial charge >= 0.3 is 6.09 Å². The van der Waals surface area contributed by atoms with E-state index in [0.29, 0.717) is 45.2 Å². The minimum atomic E-state index is -0.891. The Labute approximate surface area is 179 Å². The Morgan fingerprint density at radius 3 is 2.07 bits per heavy atom. The number of hydrogen-bond donors (Lipinski definition) is 0. The molecule has 3 amide bonds. The van der Waals surface area contributed by atoms with Gasteiger partial charge in [-0.2, -0.15) is 0 Å². The maximum Gasteiger partial charge on any atom is 0.410 e. The first-order valence-electron chi connectivity index (χ1n) is 11.6. The minimum absolute atomic E-state index is 0.0188. The molecule has 0 aliphatic carbocycles. The lowest BCUT2D eigenvalue weighted by Crippen LogP contribution is -2.56. The number of amides is 3. The van der Waals surface area contributed by atoms with E-state index in [1.807, 2.05) is 20.8 Å². The predicted molar refractivity (Wildman–Crippen MR) is 111 cm³/mol. The van der Waals surface area contributed by atoms with Crippen LogP contribution in [0.25, 0.3) is 0 Å². The largest absolute Gasteiger partial charge is 0.444 e. The second kappa shape index (κ2) is 8.02. The highest BCUT2D eigenvalue weighted by Crippen LogP contribution is 2.42. The number of carbonyl (C=O) groups excluding carboxylic acids is 3. The molecule has 0 radical (unpaired) electrons. The van der Waals surface area contributed by atoms with Crippen molar-refractivity contribution >= 4 is 17.9 Å². The van der Waals surface area contributed by atoms with Crippen molar-refractivity contribution in [1.82, 2.24) is 19.8 Å². The van der Waals surface area contributed by atoms with Crippen LogP contribution in [-0.2, 0) is 14.3 Å². The number of hydrogen-bond acceptors (Lipinski definition) is 5. The van der Waals surface area contributed by atoms with Gasteiger partial charge in [0.25, 0.3) is 11.8 Å². The number of likely N-dealkylation sites (tertiary alicyclic amines) is 2. The fourth-order valence-electron chi connectivity index (χ4n) is 5.44. The van der Waals surface area contributed by atoms with Crippen molar-refractivity contribution in [3.63, 3.8) is 0 Å². The second-order valence-corrected chi connectivity index (χ2v) is 10.3. The van der Waals surface area contributed by atoms with Crippen LogP contribution in [0.4, 0.5) is 4.79 Å². The van der Waals surface area contributed by atoms with Crippen molar-refractivity contribution in [2.75, 3.05) is 39.3 Å². The van der Waals surface area contributed by atoms with E-state index in [1.165, 1.54) is 0 Å². The molecule has 0 aromatic rings. The average molecular weight is 421 g/mol. The lowest BCUT2D eigenvalue weighted by molar-refractivity contribution is -0.145. The summed E-state index contributed by atoms with van der Waals surface area (Å²) in [5, 5.41) is 3.48. The van der Waals surface area contributed by atoms with Gasteiger partial charge in [-0.3, -0.25) is 24.5 Å². The quantitative estimate of drug-likeness (QED) is 0.609. The zero-order valence-electron chi connectivity index (χ0n) is 18.7. The summed E-state index contributed by atoms with van der Waals surface area (Å²) in [6.45, 7) is 9.73. The van der Waals surface area contributed by atoms with E-state index in [4.69, 9.17) is 4.74 Å². The Bertz CT molecular complexity index is 672. The molecule has 4 rings (SSSR count). The van der Waals surface area contributed by atoms with E-state index < -0.39 is 11.0 Å². The first kappa shape index (κ1) is 21.4. The molecule has 4 heterocycles. The van der Waals surface area contributed by atoms with Gasteiger partial charge in [0.05, 0.1) is 0 Å². The first-order valence-corrected chi connectivity index (χ1v) is 11.6. The molecule has 0 bridgehead atoms. The SMILES string of the molecule is CC(C)(C)OC(=O)N1CCC(N2CCCC3(C2)C(=O)N2CCCCCN2C3=O)CC1. The van der Waals surface area contributed by atoms with Crippen LogP contribution in [0.15, 0.2) is 0 Å². The molecule has 4 saturated heterocycles. The third-order valence-corrected chi connectivity index (χ3v) is 6.97. The van der Waals surface area contributed by atoms with E-state index in [2.05, 4.69) is 4.90 Å². The Morgan fingerprint density at radius 1 is 0.900 bits per heavy atom. The summed E-state index contributed by atoms with van der Waals surface area (Å²) in [5.74, 6) is 0.0376. The average Bonchev–Trinajstić information content (AvgIpc) is 2.90. The molecule has 4 aliphatic rings. The van der Waals surface area contributed by atoms with Gasteiger partial charge in [0.1, 0.15) is 11.0 Å². The van der Waals surface area contributed by atoms with Gasteiger partial charge in [-0.1, -0.05) is 0 Å². The van der Waals surface area contributed by atoms with Crippen molar-refractivity contribution in [1.29, 1.82) is 0 Å². The first-order chi connectivity index (χ1) is 14.2. The monoisotopic (exact) mass is 420 g/mol. The maximum atomic E-state index is 13.3. The smallest absolute Gasteiger partial charge is 0.410 e. The van der Waals surface area contributed by atoms with Crippen LogP contribution in [0, 0.1) is 5.41 Å². The molecular weight excluding hydrogens is 384 g/mol. The van der Waals surface area contributed by atoms with E-state index in [1.54, 1.807) is 14.9 Å². The Balaban J connectivity index is 1.40. The van der Waals surface area contributed by atoms with Crippen molar-refractivity contribution < 1.29 is 19.1 Å². The lowest BCUT2D eigenvalue weighted by atomic mass is 9.78. The van der Waals surface area contributed by atoms with Gasteiger partial charge in [0.2, 0.25) is 0 Å². The molecule has 0 aromatic carbocycles. The van der Waals surface area contributed by atoms with Gasteiger partial charge < -0.3 is 9.64 Å². The molecule has 0 N–H and O–H groups in total. The van der Waals surface area contributed by atoms with Crippen molar-refractivity contribution in [2.45, 2.75) is 77.4 Å². The summed E-state index contributed by atoms with van der Waals surface area (Å²) in [4.78, 5) is 43.2. The summed E-state index contributed by atoms with van der Waals surface area (Å²) < 4.78 is 5.50. The summed E-state index contributed by atoms with van der Waals surface area (Å²) in [5.41, 5.74) is -1.38. The zero-order valence-corrected chi connectivity index (χ0v) is 18.7. The Hall–Kier alpha value is -1.83. The van der Waals surface area contributed by atoms with Crippen LogP contribution < -0.4 is 0 Å². The maximum absolute atomic E-state index is 13.3. The van der Waals surface area contributed by atoms with E-state index in [0.717, 1.165) is 45.1 Å². The summed E-state index contributed by atoms with van der Waals surface area (Å²) in [7, 11) is 0. The molecule has 168 valence electrons. The van der Waals surface area contributed by atoms with E-state index in [9.17, 15) is 14.4 Å². The molecule has 0 aromatic heterocycles. The number of piperidine rings is 2. The van der Waals surface area contributed by atoms with Crippen LogP contribution in [0.2, 0.25) is 0 Å². The minimum Gasteiger partial charge on any atom is -0.444 e. The van der Waals surface area contributed by atoms with E-state index >= 15 is 0 Å². The van der Waals surface area contributed by atoms with Gasteiger partial charge in [-0.05, 0) is 72.3 Å². The molecule has 30 heavy (non-hydrogen) atoms. The summed E-state index contributed by atoms with van der Waals surface area (Å²) in [6, 6.07) is 0.303. The standard InChI is InChI=1S/C22H36N4O4/c1-21(2,3)30-20(29)23-14-8-17(9-15-23)24-11-7-10-22(16-24)18(27)25-12-5-4-6-13-26(25)19(22)28/h17H,4-16H2,1-3H3. The fourth-order valence-corrected chi connectivity index (χ4v) is 5.44. The number of carbonyl (C=O) groups is 3. The van der Waals surface area contributed by atoms with Gasteiger partial charge in [0.15, 0.2) is 0 Å². The lowest BCUT2D eigenvalue weighted by Gasteiger charge is -2.44. The Morgan fingerprint density at radius 2 is 1.50 bits per heavy atom. The molecule has 8 nitrogen and oxygen atoms in total. The highest BCUT2D eigenvalue weighted by Gasteiger charge is 2.59. The van der Waals surface area contributed by atoms with Crippen molar-refractivity contribution in [2.24, 2.45) is 5.41 Å². The second-order valence-electron chi connectivity index (χ2n) is 10.3. The number of hydrazine groups is 1. The predicted octanol–water partition coefficient (Wildman–Crippen LogP) is 2.24. The van der Waals surface area contributed by atoms with Crippen LogP contribution in [0.3, 0.4) is 0 Å². The summed E-state index contributed by atoms with van der Waals surface area (Å²) >= 11 is 0. The van der Waals surface area contributed by atoms with Crippen LogP contribution >= 0.6 is 0 Å². The van der Waals surface area contributed by atoms with Gasteiger partial charge in [0, 0.05) is 38.8 Å². The van der Waals surface area contributed by atoms with Gasteiger partial charge in [-0.25, -0.2) is 4.79 Å². The normalized spacial score (nSPS) is 26.2. The van der Waals surface area contributed by atoms with Gasteiger partial charge in [-0.15, -0.1) is 0 Å². The molecule has 0 saturated carbocycles. The molecule has 0 atom stereocenters. The van der Waals surface area contributed by atoms with Crippen molar-refractivity contribution in [3.05, 3.63) is 0 Å². The fraction of sp³-hybridized carbons (Fsp3) is 0.864. The van der Waals surface area contributed by atoms with Crippen LogP contribution in [0.5, 0.6) is 0 Å². The molecule has 8 heteroatoms. The molecule has 0 unspecified atom stereocenters. The van der Waals surface area contributed by atoms with Crippen LogP contribution in [0.1, 0.15) is 65.7 Å². The Kier molecular flexibility index (Phi) is 5.72. The summed E-state index contributed by atoms with van der Waals surface area (Å²) in [6.07, 6.45) is 5.99. The van der Waals surface area contributed by atoms with E-state index in [-0.39, 0.29) is 17.9 Å². The zero-order chi connectivity index (χ0) is 21.5.